The number of amides is 1. The molecule has 0 aliphatic heterocycles. The number of carbonyl (C=O) groups is 1. The monoisotopic (exact) mass is 490 g/mol. The third-order valence-electron chi connectivity index (χ3n) is 5.04. The minimum Gasteiger partial charge on any atom is -0.355 e. The Labute approximate surface area is 203 Å². The summed E-state index contributed by atoms with van der Waals surface area (Å²) in [5.74, 6) is 1.09. The lowest BCUT2D eigenvalue weighted by atomic mass is 10.1. The fourth-order valence-electron chi connectivity index (χ4n) is 3.28. The molecule has 1 aromatic heterocycles. The predicted octanol–water partition coefficient (Wildman–Crippen LogP) is 6.28. The Bertz CT molecular complexity index is 990. The quantitative estimate of drug-likeness (QED) is 0.239. The molecule has 170 valence electrons. The molecule has 0 saturated carbocycles. The number of hydrogen-bond acceptors (Lipinski definition) is 4. The second kappa shape index (κ2) is 12.9. The molecule has 1 amide bonds. The van der Waals surface area contributed by atoms with Crippen LogP contribution in [-0.2, 0) is 17.8 Å². The van der Waals surface area contributed by atoms with Crippen LogP contribution in [0.15, 0.2) is 53.7 Å². The van der Waals surface area contributed by atoms with E-state index in [1.165, 1.54) is 24.6 Å². The van der Waals surface area contributed by atoms with Crippen molar-refractivity contribution in [1.29, 1.82) is 0 Å². The average molecular weight is 491 g/mol. The highest BCUT2D eigenvalue weighted by atomic mass is 35.5. The van der Waals surface area contributed by atoms with Crippen molar-refractivity contribution < 1.29 is 4.79 Å². The van der Waals surface area contributed by atoms with E-state index in [9.17, 15) is 4.79 Å². The van der Waals surface area contributed by atoms with Crippen molar-refractivity contribution in [2.45, 2.75) is 50.7 Å². The molecule has 32 heavy (non-hydrogen) atoms. The van der Waals surface area contributed by atoms with Gasteiger partial charge in [0.2, 0.25) is 5.91 Å². The normalized spacial score (nSPS) is 11.0. The Morgan fingerprint density at radius 1 is 0.969 bits per heavy atom. The van der Waals surface area contributed by atoms with Crippen molar-refractivity contribution in [3.8, 4) is 11.4 Å². The SMILES string of the molecule is CCCCCCn1c(SCC(=O)NCCc2ccc(Cl)cc2)nnc1-c1ccc(Cl)cc1. The topological polar surface area (TPSA) is 59.8 Å². The van der Waals surface area contributed by atoms with Crippen molar-refractivity contribution in [3.63, 3.8) is 0 Å². The number of nitrogens with zero attached hydrogens (tertiary/aromatic N) is 3. The lowest BCUT2D eigenvalue weighted by Gasteiger charge is -2.10. The van der Waals surface area contributed by atoms with Crippen LogP contribution in [-0.4, -0.2) is 33.0 Å². The number of carbonyl (C=O) groups excluding carboxylic acids is 1. The Morgan fingerprint density at radius 2 is 1.66 bits per heavy atom. The number of nitrogens with one attached hydrogen (secondary N) is 1. The van der Waals surface area contributed by atoms with Gasteiger partial charge in [0, 0.05) is 28.7 Å². The number of halogens is 2. The molecule has 0 saturated heterocycles. The first kappa shape index (κ1) is 24.6. The van der Waals surface area contributed by atoms with Crippen LogP contribution in [0.25, 0.3) is 11.4 Å². The summed E-state index contributed by atoms with van der Waals surface area (Å²) in [7, 11) is 0. The maximum atomic E-state index is 12.4. The van der Waals surface area contributed by atoms with Gasteiger partial charge in [-0.3, -0.25) is 4.79 Å². The van der Waals surface area contributed by atoms with E-state index in [2.05, 4.69) is 27.0 Å². The average Bonchev–Trinajstić information content (AvgIpc) is 3.20. The van der Waals surface area contributed by atoms with Gasteiger partial charge in [-0.2, -0.15) is 0 Å². The molecular weight excluding hydrogens is 463 g/mol. The molecule has 0 aliphatic carbocycles. The molecule has 0 radical (unpaired) electrons. The third kappa shape index (κ3) is 7.54. The lowest BCUT2D eigenvalue weighted by molar-refractivity contribution is -0.118. The number of aromatic nitrogens is 3. The minimum absolute atomic E-state index is 0.0162. The van der Waals surface area contributed by atoms with Crippen molar-refractivity contribution in [1.82, 2.24) is 20.1 Å². The van der Waals surface area contributed by atoms with Gasteiger partial charge < -0.3 is 9.88 Å². The molecule has 0 atom stereocenters. The van der Waals surface area contributed by atoms with Crippen molar-refractivity contribution in [3.05, 3.63) is 64.1 Å². The van der Waals surface area contributed by atoms with Crippen LogP contribution in [0.1, 0.15) is 38.2 Å². The highest BCUT2D eigenvalue weighted by Crippen LogP contribution is 2.26. The summed E-state index contributed by atoms with van der Waals surface area (Å²) in [6.45, 7) is 3.61. The summed E-state index contributed by atoms with van der Waals surface area (Å²) in [6, 6.07) is 15.3. The van der Waals surface area contributed by atoms with E-state index < -0.39 is 0 Å². The van der Waals surface area contributed by atoms with E-state index >= 15 is 0 Å². The smallest absolute Gasteiger partial charge is 0.230 e. The first-order chi connectivity index (χ1) is 15.6. The molecule has 0 unspecified atom stereocenters. The van der Waals surface area contributed by atoms with Gasteiger partial charge in [-0.05, 0) is 54.8 Å². The van der Waals surface area contributed by atoms with Gasteiger partial charge in [-0.15, -0.1) is 10.2 Å². The zero-order valence-corrected chi connectivity index (χ0v) is 20.5. The molecule has 8 heteroatoms. The number of rotatable bonds is 12. The standard InChI is InChI=1S/C24H28Cl2N4OS/c1-2-3-4-5-16-30-23(19-8-12-21(26)13-9-19)28-29-24(30)32-17-22(31)27-15-14-18-6-10-20(25)11-7-18/h6-13H,2-5,14-17H2,1H3,(H,27,31). The summed E-state index contributed by atoms with van der Waals surface area (Å²) >= 11 is 13.4. The molecule has 0 fully saturated rings. The molecule has 3 rings (SSSR count). The van der Waals surface area contributed by atoms with E-state index in [1.807, 2.05) is 48.5 Å². The van der Waals surface area contributed by atoms with E-state index in [1.54, 1.807) is 0 Å². The van der Waals surface area contributed by atoms with E-state index in [0.29, 0.717) is 22.3 Å². The minimum atomic E-state index is -0.0162. The lowest BCUT2D eigenvalue weighted by Crippen LogP contribution is -2.27. The van der Waals surface area contributed by atoms with E-state index in [0.717, 1.165) is 47.9 Å². The van der Waals surface area contributed by atoms with Gasteiger partial charge in [0.05, 0.1) is 5.75 Å². The first-order valence-electron chi connectivity index (χ1n) is 10.9. The Morgan fingerprint density at radius 3 is 2.34 bits per heavy atom. The van der Waals surface area contributed by atoms with Gasteiger partial charge in [0.15, 0.2) is 11.0 Å². The summed E-state index contributed by atoms with van der Waals surface area (Å²) in [5, 5.41) is 13.9. The molecule has 1 heterocycles. The van der Waals surface area contributed by atoms with Crippen LogP contribution in [0.5, 0.6) is 0 Å². The zero-order chi connectivity index (χ0) is 22.8. The van der Waals surface area contributed by atoms with Crippen LogP contribution >= 0.6 is 35.0 Å². The zero-order valence-electron chi connectivity index (χ0n) is 18.2. The van der Waals surface area contributed by atoms with Gasteiger partial charge in [-0.25, -0.2) is 0 Å². The Hall–Kier alpha value is -2.02. The summed E-state index contributed by atoms with van der Waals surface area (Å²) in [4.78, 5) is 12.4. The number of benzene rings is 2. The fraction of sp³-hybridized carbons (Fsp3) is 0.375. The molecular formula is C24H28Cl2N4OS. The summed E-state index contributed by atoms with van der Waals surface area (Å²) in [5.41, 5.74) is 2.11. The maximum absolute atomic E-state index is 12.4. The van der Waals surface area contributed by atoms with E-state index in [4.69, 9.17) is 23.2 Å². The van der Waals surface area contributed by atoms with Gasteiger partial charge in [0.1, 0.15) is 0 Å². The van der Waals surface area contributed by atoms with Crippen LogP contribution in [0.4, 0.5) is 0 Å². The highest BCUT2D eigenvalue weighted by Gasteiger charge is 2.15. The Balaban J connectivity index is 1.58. The fourth-order valence-corrected chi connectivity index (χ4v) is 4.33. The second-order valence-electron chi connectivity index (χ2n) is 7.54. The molecule has 0 spiro atoms. The summed E-state index contributed by atoms with van der Waals surface area (Å²) < 4.78 is 2.12. The van der Waals surface area contributed by atoms with Crippen LogP contribution in [0.3, 0.4) is 0 Å². The molecule has 0 bridgehead atoms. The molecule has 0 aliphatic rings. The molecule has 3 aromatic rings. The number of hydrogen-bond donors (Lipinski definition) is 1. The number of unbranched alkanes of at least 4 members (excludes halogenated alkanes) is 3. The maximum Gasteiger partial charge on any atom is 0.230 e. The van der Waals surface area contributed by atoms with Gasteiger partial charge >= 0.3 is 0 Å². The first-order valence-corrected chi connectivity index (χ1v) is 12.6. The van der Waals surface area contributed by atoms with Crippen LogP contribution < -0.4 is 5.32 Å². The Kier molecular flexibility index (Phi) is 9.90. The van der Waals surface area contributed by atoms with Gasteiger partial charge in [-0.1, -0.05) is 73.3 Å². The molecule has 2 aromatic carbocycles. The largest absolute Gasteiger partial charge is 0.355 e. The van der Waals surface area contributed by atoms with Crippen LogP contribution in [0.2, 0.25) is 10.0 Å². The molecule has 5 nitrogen and oxygen atoms in total. The van der Waals surface area contributed by atoms with Crippen molar-refractivity contribution >= 4 is 40.9 Å². The molecule has 1 N–H and O–H groups in total. The third-order valence-corrected chi connectivity index (χ3v) is 6.51. The van der Waals surface area contributed by atoms with Crippen LogP contribution in [0, 0.1) is 0 Å². The van der Waals surface area contributed by atoms with Crippen molar-refractivity contribution in [2.75, 3.05) is 12.3 Å². The van der Waals surface area contributed by atoms with Crippen molar-refractivity contribution in [2.24, 2.45) is 0 Å². The van der Waals surface area contributed by atoms with Gasteiger partial charge in [0.25, 0.3) is 0 Å². The summed E-state index contributed by atoms with van der Waals surface area (Å²) in [6.07, 6.45) is 5.36. The predicted molar refractivity (Wildman–Crippen MR) is 133 cm³/mol. The number of thioether (sulfide) groups is 1. The highest BCUT2D eigenvalue weighted by molar-refractivity contribution is 7.99. The van der Waals surface area contributed by atoms with E-state index in [-0.39, 0.29) is 5.91 Å². The second-order valence-corrected chi connectivity index (χ2v) is 9.36.